The molecule has 84 valence electrons. The van der Waals surface area contributed by atoms with Crippen LogP contribution in [0.1, 0.15) is 5.56 Å². The molecule has 1 aliphatic heterocycles. The zero-order valence-electron chi connectivity index (χ0n) is 8.07. The molecule has 0 radical (unpaired) electrons. The van der Waals surface area contributed by atoms with Gasteiger partial charge in [0.1, 0.15) is 0 Å². The standard InChI is InChI=1S/C10H8O4S2/c11-15(12)6-7-16(13,14)10(8-15)9-4-2-1-3-5-9/h1-8H. The van der Waals surface area contributed by atoms with Gasteiger partial charge >= 0.3 is 0 Å². The van der Waals surface area contributed by atoms with E-state index < -0.39 is 19.7 Å². The molecular formula is C10H8O4S2. The average molecular weight is 256 g/mol. The minimum atomic E-state index is -3.65. The maximum atomic E-state index is 11.7. The van der Waals surface area contributed by atoms with E-state index in [0.717, 1.165) is 5.41 Å². The summed E-state index contributed by atoms with van der Waals surface area (Å²) in [6.07, 6.45) is 0. The predicted molar refractivity (Wildman–Crippen MR) is 61.4 cm³/mol. The topological polar surface area (TPSA) is 68.3 Å². The van der Waals surface area contributed by atoms with Gasteiger partial charge in [0.15, 0.2) is 9.84 Å². The second-order valence-corrected chi connectivity index (χ2v) is 6.74. The van der Waals surface area contributed by atoms with Crippen molar-refractivity contribution in [1.82, 2.24) is 0 Å². The molecule has 0 bridgehead atoms. The summed E-state index contributed by atoms with van der Waals surface area (Å²) in [6.45, 7) is 0. The molecule has 0 amide bonds. The number of hydrogen-bond donors (Lipinski definition) is 0. The van der Waals surface area contributed by atoms with E-state index in [2.05, 4.69) is 0 Å². The normalized spacial score (nSPS) is 21.4. The third-order valence-electron chi connectivity index (χ3n) is 2.06. The monoisotopic (exact) mass is 256 g/mol. The first kappa shape index (κ1) is 11.1. The molecule has 0 atom stereocenters. The van der Waals surface area contributed by atoms with E-state index in [1.165, 1.54) is 0 Å². The van der Waals surface area contributed by atoms with Crippen LogP contribution in [0, 0.1) is 0 Å². The number of rotatable bonds is 1. The van der Waals surface area contributed by atoms with Crippen molar-refractivity contribution < 1.29 is 16.8 Å². The largest absolute Gasteiger partial charge is 0.220 e. The Balaban J connectivity index is 2.69. The van der Waals surface area contributed by atoms with Crippen LogP contribution in [0.15, 0.2) is 46.6 Å². The van der Waals surface area contributed by atoms with E-state index in [0.29, 0.717) is 16.4 Å². The van der Waals surface area contributed by atoms with Crippen LogP contribution in [0.3, 0.4) is 0 Å². The van der Waals surface area contributed by atoms with Gasteiger partial charge in [-0.25, -0.2) is 16.8 Å². The van der Waals surface area contributed by atoms with Crippen LogP contribution >= 0.6 is 0 Å². The summed E-state index contributed by atoms with van der Waals surface area (Å²) >= 11 is 0. The van der Waals surface area contributed by atoms with Crippen LogP contribution in [-0.4, -0.2) is 16.8 Å². The molecule has 0 aromatic heterocycles. The summed E-state index contributed by atoms with van der Waals surface area (Å²) in [5.41, 5.74) is 0.371. The van der Waals surface area contributed by atoms with Crippen molar-refractivity contribution in [3.05, 3.63) is 52.1 Å². The highest BCUT2D eigenvalue weighted by Gasteiger charge is 2.24. The fourth-order valence-electron chi connectivity index (χ4n) is 1.31. The molecule has 2 rings (SSSR count). The fraction of sp³-hybridized carbons (Fsp3) is 0. The molecule has 1 aromatic rings. The van der Waals surface area contributed by atoms with Gasteiger partial charge in [-0.2, -0.15) is 0 Å². The van der Waals surface area contributed by atoms with Crippen molar-refractivity contribution in [3.63, 3.8) is 0 Å². The Morgan fingerprint density at radius 1 is 0.812 bits per heavy atom. The lowest BCUT2D eigenvalue weighted by atomic mass is 10.2. The molecule has 1 aromatic carbocycles. The molecule has 0 N–H and O–H groups in total. The molecule has 16 heavy (non-hydrogen) atoms. The minimum absolute atomic E-state index is 0.185. The molecule has 0 saturated heterocycles. The Bertz CT molecular complexity index is 665. The van der Waals surface area contributed by atoms with Crippen LogP contribution in [0.4, 0.5) is 0 Å². The maximum absolute atomic E-state index is 11.7. The van der Waals surface area contributed by atoms with Crippen molar-refractivity contribution in [2.24, 2.45) is 0 Å². The Hall–Kier alpha value is -1.40. The molecular weight excluding hydrogens is 248 g/mol. The average Bonchev–Trinajstić information content (AvgIpc) is 2.24. The quantitative estimate of drug-likeness (QED) is 0.759. The van der Waals surface area contributed by atoms with E-state index in [9.17, 15) is 16.8 Å². The lowest BCUT2D eigenvalue weighted by Crippen LogP contribution is -2.07. The van der Waals surface area contributed by atoms with Crippen molar-refractivity contribution in [2.45, 2.75) is 0 Å². The maximum Gasteiger partial charge on any atom is 0.201 e. The SMILES string of the molecule is O=S1(=O)C=CS(=O)(=O)C(c2ccccc2)=C1. The molecule has 0 spiro atoms. The Labute approximate surface area is 93.8 Å². The molecule has 0 saturated carbocycles. The van der Waals surface area contributed by atoms with Crippen LogP contribution in [0.25, 0.3) is 4.91 Å². The first-order valence-corrected chi connectivity index (χ1v) is 7.52. The Kier molecular flexibility index (Phi) is 2.47. The Morgan fingerprint density at radius 2 is 1.44 bits per heavy atom. The van der Waals surface area contributed by atoms with Gasteiger partial charge in [0, 0.05) is 10.8 Å². The van der Waals surface area contributed by atoms with Crippen LogP contribution in [0.2, 0.25) is 0 Å². The lowest BCUT2D eigenvalue weighted by Gasteiger charge is -2.09. The molecule has 1 aliphatic rings. The summed E-state index contributed by atoms with van der Waals surface area (Å²) in [7, 11) is -7.22. The van der Waals surface area contributed by atoms with Crippen molar-refractivity contribution in [2.75, 3.05) is 0 Å². The van der Waals surface area contributed by atoms with Gasteiger partial charge in [0.05, 0.1) is 10.3 Å². The van der Waals surface area contributed by atoms with Crippen molar-refractivity contribution in [3.8, 4) is 0 Å². The second-order valence-electron chi connectivity index (χ2n) is 3.25. The third-order valence-corrected chi connectivity index (χ3v) is 4.92. The van der Waals surface area contributed by atoms with Crippen LogP contribution in [0.5, 0.6) is 0 Å². The molecule has 6 heteroatoms. The fourth-order valence-corrected chi connectivity index (χ4v) is 4.58. The highest BCUT2D eigenvalue weighted by Crippen LogP contribution is 2.27. The van der Waals surface area contributed by atoms with Crippen molar-refractivity contribution in [1.29, 1.82) is 0 Å². The zero-order chi connectivity index (χ0) is 11.8. The highest BCUT2D eigenvalue weighted by atomic mass is 32.2. The van der Waals surface area contributed by atoms with Gasteiger partial charge in [-0.05, 0) is 5.56 Å². The lowest BCUT2D eigenvalue weighted by molar-refractivity contribution is 0.607. The number of benzene rings is 1. The van der Waals surface area contributed by atoms with Gasteiger partial charge in [0.25, 0.3) is 0 Å². The van der Waals surface area contributed by atoms with E-state index >= 15 is 0 Å². The summed E-state index contributed by atoms with van der Waals surface area (Å²) in [5, 5.41) is 2.18. The van der Waals surface area contributed by atoms with Gasteiger partial charge in [-0.15, -0.1) is 0 Å². The second kappa shape index (κ2) is 3.57. The highest BCUT2D eigenvalue weighted by molar-refractivity contribution is 8.08. The van der Waals surface area contributed by atoms with Crippen molar-refractivity contribution >= 4 is 24.6 Å². The molecule has 0 unspecified atom stereocenters. The summed E-state index contributed by atoms with van der Waals surface area (Å²) < 4.78 is 45.9. The Morgan fingerprint density at radius 3 is 2.06 bits per heavy atom. The van der Waals surface area contributed by atoms with Gasteiger partial charge < -0.3 is 0 Å². The summed E-state index contributed by atoms with van der Waals surface area (Å²) in [6, 6.07) is 8.13. The molecule has 4 nitrogen and oxygen atoms in total. The zero-order valence-corrected chi connectivity index (χ0v) is 9.70. The summed E-state index contributed by atoms with van der Waals surface area (Å²) in [5.74, 6) is 0. The molecule has 0 aliphatic carbocycles. The van der Waals surface area contributed by atoms with Gasteiger partial charge in [0.2, 0.25) is 9.84 Å². The van der Waals surface area contributed by atoms with E-state index in [4.69, 9.17) is 0 Å². The van der Waals surface area contributed by atoms with E-state index in [1.807, 2.05) is 0 Å². The molecule has 0 fully saturated rings. The molecule has 1 heterocycles. The number of sulfone groups is 2. The van der Waals surface area contributed by atoms with E-state index in [1.54, 1.807) is 30.3 Å². The predicted octanol–water partition coefficient (Wildman–Crippen LogP) is 1.30. The third kappa shape index (κ3) is 2.07. The summed E-state index contributed by atoms with van der Waals surface area (Å²) in [4.78, 5) is -0.185. The number of hydrogen-bond acceptors (Lipinski definition) is 4. The minimum Gasteiger partial charge on any atom is -0.220 e. The van der Waals surface area contributed by atoms with Gasteiger partial charge in [-0.3, -0.25) is 0 Å². The van der Waals surface area contributed by atoms with Gasteiger partial charge in [-0.1, -0.05) is 30.3 Å². The smallest absolute Gasteiger partial charge is 0.201 e. The first-order chi connectivity index (χ1) is 7.41. The van der Waals surface area contributed by atoms with Crippen LogP contribution < -0.4 is 0 Å². The first-order valence-electron chi connectivity index (χ1n) is 4.36. The van der Waals surface area contributed by atoms with Crippen LogP contribution in [-0.2, 0) is 19.7 Å². The van der Waals surface area contributed by atoms with E-state index in [-0.39, 0.29) is 4.91 Å².